The Morgan fingerprint density at radius 3 is 2.74 bits per heavy atom. The summed E-state index contributed by atoms with van der Waals surface area (Å²) in [6.07, 6.45) is 6.86. The Labute approximate surface area is 125 Å². The maximum Gasteiger partial charge on any atom is 0.0739 e. The van der Waals surface area contributed by atoms with E-state index in [2.05, 4.69) is 39.8 Å². The van der Waals surface area contributed by atoms with E-state index in [0.717, 1.165) is 18.2 Å². The van der Waals surface area contributed by atoms with Crippen LogP contribution in [-0.4, -0.2) is 27.8 Å². The standard InChI is InChI=1S/C15H26BrN3/c1-4-6-13-7-5-9-19(10-8-13)11-14-15(16)12(2)17-18(14)3/h13H,4-11H2,1-3H3. The molecule has 19 heavy (non-hydrogen) atoms. The van der Waals surface area contributed by atoms with Gasteiger partial charge in [0.2, 0.25) is 0 Å². The van der Waals surface area contributed by atoms with Crippen LogP contribution >= 0.6 is 15.9 Å². The smallest absolute Gasteiger partial charge is 0.0739 e. The number of hydrogen-bond donors (Lipinski definition) is 0. The lowest BCUT2D eigenvalue weighted by Crippen LogP contribution is -2.25. The molecule has 108 valence electrons. The fourth-order valence-electron chi connectivity index (χ4n) is 3.14. The second-order valence-electron chi connectivity index (χ2n) is 5.83. The topological polar surface area (TPSA) is 21.1 Å². The first-order chi connectivity index (χ1) is 9.11. The lowest BCUT2D eigenvalue weighted by atomic mass is 9.96. The zero-order valence-corrected chi connectivity index (χ0v) is 14.0. The Morgan fingerprint density at radius 1 is 1.32 bits per heavy atom. The number of rotatable bonds is 4. The van der Waals surface area contributed by atoms with E-state index in [0.29, 0.717) is 0 Å². The molecule has 0 spiro atoms. The predicted molar refractivity (Wildman–Crippen MR) is 83.2 cm³/mol. The highest BCUT2D eigenvalue weighted by Crippen LogP contribution is 2.25. The minimum Gasteiger partial charge on any atom is -0.297 e. The summed E-state index contributed by atoms with van der Waals surface area (Å²) in [5, 5.41) is 4.49. The number of nitrogens with zero attached hydrogens (tertiary/aromatic N) is 3. The molecule has 1 saturated heterocycles. The molecule has 0 amide bonds. The van der Waals surface area contributed by atoms with Gasteiger partial charge in [-0.3, -0.25) is 9.58 Å². The second kappa shape index (κ2) is 6.89. The third-order valence-corrected chi connectivity index (χ3v) is 5.30. The maximum absolute atomic E-state index is 4.49. The van der Waals surface area contributed by atoms with Crippen LogP contribution in [0, 0.1) is 12.8 Å². The van der Waals surface area contributed by atoms with Crippen LogP contribution in [0.5, 0.6) is 0 Å². The van der Waals surface area contributed by atoms with Crippen LogP contribution in [0.25, 0.3) is 0 Å². The van der Waals surface area contributed by atoms with Gasteiger partial charge in [-0.25, -0.2) is 0 Å². The highest BCUT2D eigenvalue weighted by Gasteiger charge is 2.19. The van der Waals surface area contributed by atoms with Gasteiger partial charge in [0.05, 0.1) is 15.9 Å². The van der Waals surface area contributed by atoms with Crippen LogP contribution in [0.2, 0.25) is 0 Å². The van der Waals surface area contributed by atoms with Gasteiger partial charge in [0.25, 0.3) is 0 Å². The first-order valence-electron chi connectivity index (χ1n) is 7.52. The molecule has 1 atom stereocenters. The number of halogens is 1. The van der Waals surface area contributed by atoms with E-state index in [1.807, 2.05) is 11.7 Å². The second-order valence-corrected chi connectivity index (χ2v) is 6.62. The Bertz CT molecular complexity index is 414. The van der Waals surface area contributed by atoms with Crippen LogP contribution in [0.3, 0.4) is 0 Å². The lowest BCUT2D eigenvalue weighted by molar-refractivity contribution is 0.264. The SMILES string of the molecule is CCCC1CCCN(Cc2c(Br)c(C)nn2C)CC1. The predicted octanol–water partition coefficient (Wildman–Crippen LogP) is 3.89. The molecule has 3 nitrogen and oxygen atoms in total. The third kappa shape index (κ3) is 3.82. The number of aromatic nitrogens is 2. The van der Waals surface area contributed by atoms with E-state index in [1.165, 1.54) is 55.4 Å². The fraction of sp³-hybridized carbons (Fsp3) is 0.800. The third-order valence-electron chi connectivity index (χ3n) is 4.27. The van der Waals surface area contributed by atoms with Crippen molar-refractivity contribution in [2.45, 2.75) is 52.5 Å². The minimum atomic E-state index is 0.951. The molecule has 1 aromatic rings. The van der Waals surface area contributed by atoms with Crippen molar-refractivity contribution in [1.82, 2.24) is 14.7 Å². The molecule has 2 rings (SSSR count). The molecule has 1 fully saturated rings. The molecule has 1 aliphatic heterocycles. The zero-order valence-electron chi connectivity index (χ0n) is 12.5. The summed E-state index contributed by atoms with van der Waals surface area (Å²) in [5.41, 5.74) is 2.41. The summed E-state index contributed by atoms with van der Waals surface area (Å²) in [5.74, 6) is 0.951. The summed E-state index contributed by atoms with van der Waals surface area (Å²) in [6.45, 7) is 7.86. The van der Waals surface area contributed by atoms with E-state index < -0.39 is 0 Å². The van der Waals surface area contributed by atoms with Crippen LogP contribution in [0.15, 0.2) is 4.47 Å². The summed E-state index contributed by atoms with van der Waals surface area (Å²) in [4.78, 5) is 2.59. The van der Waals surface area contributed by atoms with Crippen molar-refractivity contribution in [2.75, 3.05) is 13.1 Å². The van der Waals surface area contributed by atoms with Crippen molar-refractivity contribution in [3.05, 3.63) is 15.9 Å². The number of aryl methyl sites for hydroxylation is 2. The van der Waals surface area contributed by atoms with E-state index >= 15 is 0 Å². The van der Waals surface area contributed by atoms with Gasteiger partial charge in [0, 0.05) is 13.6 Å². The molecular weight excluding hydrogens is 302 g/mol. The van der Waals surface area contributed by atoms with Gasteiger partial charge in [-0.2, -0.15) is 5.10 Å². The zero-order chi connectivity index (χ0) is 13.8. The highest BCUT2D eigenvalue weighted by molar-refractivity contribution is 9.10. The van der Waals surface area contributed by atoms with E-state index in [1.54, 1.807) is 0 Å². The fourth-order valence-corrected chi connectivity index (χ4v) is 3.60. The number of likely N-dealkylation sites (tertiary alicyclic amines) is 1. The largest absolute Gasteiger partial charge is 0.297 e. The van der Waals surface area contributed by atoms with Gasteiger partial charge < -0.3 is 0 Å². The Hall–Kier alpha value is -0.350. The molecule has 0 radical (unpaired) electrons. The Balaban J connectivity index is 1.96. The highest BCUT2D eigenvalue weighted by atomic mass is 79.9. The molecule has 0 bridgehead atoms. The van der Waals surface area contributed by atoms with Crippen LogP contribution in [0.4, 0.5) is 0 Å². The molecular formula is C15H26BrN3. The van der Waals surface area contributed by atoms with Crippen molar-refractivity contribution in [1.29, 1.82) is 0 Å². The van der Waals surface area contributed by atoms with Crippen LogP contribution in [-0.2, 0) is 13.6 Å². The summed E-state index contributed by atoms with van der Waals surface area (Å²) < 4.78 is 3.21. The van der Waals surface area contributed by atoms with Crippen LogP contribution < -0.4 is 0 Å². The first kappa shape index (κ1) is 15.0. The van der Waals surface area contributed by atoms with Crippen molar-refractivity contribution >= 4 is 15.9 Å². The van der Waals surface area contributed by atoms with Crippen molar-refractivity contribution in [3.8, 4) is 0 Å². The minimum absolute atomic E-state index is 0.951. The number of hydrogen-bond acceptors (Lipinski definition) is 2. The first-order valence-corrected chi connectivity index (χ1v) is 8.31. The van der Waals surface area contributed by atoms with Gasteiger partial charge in [-0.15, -0.1) is 0 Å². The molecule has 4 heteroatoms. The molecule has 2 heterocycles. The maximum atomic E-state index is 4.49. The Kier molecular flexibility index (Phi) is 5.46. The summed E-state index contributed by atoms with van der Waals surface area (Å²) >= 11 is 3.67. The van der Waals surface area contributed by atoms with Gasteiger partial charge in [-0.1, -0.05) is 19.8 Å². The monoisotopic (exact) mass is 327 g/mol. The van der Waals surface area contributed by atoms with Gasteiger partial charge >= 0.3 is 0 Å². The molecule has 1 aromatic heterocycles. The van der Waals surface area contributed by atoms with Crippen molar-refractivity contribution in [3.63, 3.8) is 0 Å². The average Bonchev–Trinajstić information content (AvgIpc) is 2.58. The molecule has 0 aromatic carbocycles. The molecule has 0 saturated carbocycles. The average molecular weight is 328 g/mol. The quantitative estimate of drug-likeness (QED) is 0.836. The molecule has 1 unspecified atom stereocenters. The summed E-state index contributed by atoms with van der Waals surface area (Å²) in [6, 6.07) is 0. The van der Waals surface area contributed by atoms with E-state index in [9.17, 15) is 0 Å². The molecule has 0 aliphatic carbocycles. The van der Waals surface area contributed by atoms with Crippen molar-refractivity contribution in [2.24, 2.45) is 13.0 Å². The van der Waals surface area contributed by atoms with Crippen LogP contribution in [0.1, 0.15) is 50.4 Å². The van der Waals surface area contributed by atoms with Gasteiger partial charge in [0.1, 0.15) is 0 Å². The van der Waals surface area contributed by atoms with E-state index in [-0.39, 0.29) is 0 Å². The Morgan fingerprint density at radius 2 is 2.11 bits per heavy atom. The van der Waals surface area contributed by atoms with E-state index in [4.69, 9.17) is 0 Å². The lowest BCUT2D eigenvalue weighted by Gasteiger charge is -2.20. The van der Waals surface area contributed by atoms with Crippen molar-refractivity contribution < 1.29 is 0 Å². The molecule has 1 aliphatic rings. The normalized spacial score (nSPS) is 21.6. The van der Waals surface area contributed by atoms with Gasteiger partial charge in [0.15, 0.2) is 0 Å². The molecule has 0 N–H and O–H groups in total. The summed E-state index contributed by atoms with van der Waals surface area (Å²) in [7, 11) is 2.05. The van der Waals surface area contributed by atoms with Gasteiger partial charge in [-0.05, 0) is 61.1 Å².